The van der Waals surface area contributed by atoms with E-state index in [0.717, 1.165) is 16.0 Å². The van der Waals surface area contributed by atoms with Gasteiger partial charge < -0.3 is 10.1 Å². The number of esters is 1. The number of anilines is 1. The third-order valence-corrected chi connectivity index (χ3v) is 5.37. The van der Waals surface area contributed by atoms with Crippen molar-refractivity contribution in [1.29, 1.82) is 0 Å². The van der Waals surface area contributed by atoms with Gasteiger partial charge in [-0.05, 0) is 53.8 Å². The normalized spacial score (nSPS) is 11.7. The molecule has 0 aliphatic heterocycles. The monoisotopic (exact) mass is 412 g/mol. The van der Waals surface area contributed by atoms with Gasteiger partial charge in [0.1, 0.15) is 5.82 Å². The minimum absolute atomic E-state index is 0.0435. The number of nitrogens with one attached hydrogen (secondary N) is 2. The first-order valence-corrected chi connectivity index (χ1v) is 9.87. The van der Waals surface area contributed by atoms with Gasteiger partial charge in [-0.2, -0.15) is 0 Å². The smallest absolute Gasteiger partial charge is 0.337 e. The zero-order valence-corrected chi connectivity index (χ0v) is 16.9. The average molecular weight is 412 g/mol. The number of carbonyl (C=O) groups excluding carboxylic acids is 2. The number of rotatable bonds is 7. The van der Waals surface area contributed by atoms with E-state index in [-0.39, 0.29) is 24.3 Å². The number of carbonyl (C=O) groups is 2. The molecule has 2 N–H and O–H groups in total. The lowest BCUT2D eigenvalue weighted by atomic mass is 10.1. The Labute approximate surface area is 172 Å². The van der Waals surface area contributed by atoms with Crippen molar-refractivity contribution < 1.29 is 18.7 Å². The quantitative estimate of drug-likeness (QED) is 0.568. The first-order valence-electron chi connectivity index (χ1n) is 8.99. The number of thiophene rings is 1. The maximum atomic E-state index is 13.3. The predicted molar refractivity (Wildman–Crippen MR) is 112 cm³/mol. The summed E-state index contributed by atoms with van der Waals surface area (Å²) in [5.41, 5.74) is 2.61. The number of halogens is 1. The Hall–Kier alpha value is -3.03. The molecule has 0 saturated carbocycles. The molecule has 2 aromatic carbocycles. The topological polar surface area (TPSA) is 67.4 Å². The summed E-state index contributed by atoms with van der Waals surface area (Å²) in [7, 11) is 1.31. The summed E-state index contributed by atoms with van der Waals surface area (Å²) in [5.74, 6) is -1.02. The van der Waals surface area contributed by atoms with Crippen molar-refractivity contribution in [3.63, 3.8) is 0 Å². The van der Waals surface area contributed by atoms with Crippen LogP contribution in [0, 0.1) is 12.7 Å². The van der Waals surface area contributed by atoms with E-state index in [1.54, 1.807) is 41.7 Å². The van der Waals surface area contributed by atoms with Crippen LogP contribution < -0.4 is 10.6 Å². The second-order valence-corrected chi connectivity index (χ2v) is 7.43. The first kappa shape index (κ1) is 20.7. The van der Waals surface area contributed by atoms with Crippen molar-refractivity contribution in [2.24, 2.45) is 0 Å². The number of benzene rings is 2. The van der Waals surface area contributed by atoms with E-state index in [4.69, 9.17) is 4.74 Å². The summed E-state index contributed by atoms with van der Waals surface area (Å²) in [6.07, 6.45) is 0. The summed E-state index contributed by atoms with van der Waals surface area (Å²) in [5, 5.41) is 8.01. The molecule has 0 aliphatic carbocycles. The van der Waals surface area contributed by atoms with Crippen LogP contribution in [0.1, 0.15) is 32.4 Å². The summed E-state index contributed by atoms with van der Waals surface area (Å²) < 4.78 is 18.0. The van der Waals surface area contributed by atoms with Crippen LogP contribution in [-0.4, -0.2) is 25.5 Å². The van der Waals surface area contributed by atoms with Crippen LogP contribution >= 0.6 is 11.3 Å². The van der Waals surface area contributed by atoms with E-state index in [1.165, 1.54) is 19.2 Å². The molecule has 150 valence electrons. The average Bonchev–Trinajstić information content (AvgIpc) is 3.25. The van der Waals surface area contributed by atoms with Crippen LogP contribution in [0.3, 0.4) is 0 Å². The summed E-state index contributed by atoms with van der Waals surface area (Å²) in [6, 6.07) is 14.9. The summed E-state index contributed by atoms with van der Waals surface area (Å²) >= 11 is 1.56. The van der Waals surface area contributed by atoms with Gasteiger partial charge in [0.05, 0.1) is 25.3 Å². The van der Waals surface area contributed by atoms with Crippen molar-refractivity contribution >= 4 is 28.9 Å². The number of hydrogen-bond donors (Lipinski definition) is 2. The van der Waals surface area contributed by atoms with Gasteiger partial charge >= 0.3 is 5.97 Å². The highest BCUT2D eigenvalue weighted by Crippen LogP contribution is 2.26. The van der Waals surface area contributed by atoms with Gasteiger partial charge in [0.15, 0.2) is 0 Å². The van der Waals surface area contributed by atoms with Gasteiger partial charge in [0, 0.05) is 10.6 Å². The molecule has 1 heterocycles. The summed E-state index contributed by atoms with van der Waals surface area (Å²) in [6.45, 7) is 1.89. The third kappa shape index (κ3) is 5.28. The Kier molecular flexibility index (Phi) is 6.74. The largest absolute Gasteiger partial charge is 0.465 e. The lowest BCUT2D eigenvalue weighted by molar-refractivity contribution is -0.115. The highest BCUT2D eigenvalue weighted by molar-refractivity contribution is 7.10. The van der Waals surface area contributed by atoms with Crippen LogP contribution in [0.25, 0.3) is 0 Å². The molecule has 0 fully saturated rings. The fraction of sp³-hybridized carbons (Fsp3) is 0.182. The van der Waals surface area contributed by atoms with E-state index in [1.807, 2.05) is 24.4 Å². The van der Waals surface area contributed by atoms with Crippen molar-refractivity contribution in [2.75, 3.05) is 19.0 Å². The Bertz CT molecular complexity index is 988. The third-order valence-electron chi connectivity index (χ3n) is 4.43. The number of ether oxygens (including phenoxy) is 1. The minimum atomic E-state index is -0.465. The molecule has 29 heavy (non-hydrogen) atoms. The van der Waals surface area contributed by atoms with Crippen LogP contribution in [0.15, 0.2) is 60.0 Å². The van der Waals surface area contributed by atoms with Crippen molar-refractivity contribution in [3.8, 4) is 0 Å². The molecule has 0 spiro atoms. The fourth-order valence-electron chi connectivity index (χ4n) is 2.88. The van der Waals surface area contributed by atoms with Gasteiger partial charge in [-0.25, -0.2) is 9.18 Å². The minimum Gasteiger partial charge on any atom is -0.465 e. The number of aryl methyl sites for hydroxylation is 1. The molecule has 7 heteroatoms. The predicted octanol–water partition coefficient (Wildman–Crippen LogP) is 4.30. The molecule has 1 atom stereocenters. The molecule has 0 saturated heterocycles. The highest BCUT2D eigenvalue weighted by atomic mass is 32.1. The molecule has 3 aromatic rings. The van der Waals surface area contributed by atoms with E-state index in [0.29, 0.717) is 11.3 Å². The number of hydrogen-bond acceptors (Lipinski definition) is 5. The van der Waals surface area contributed by atoms with Crippen LogP contribution in [0.4, 0.5) is 10.1 Å². The molecule has 0 aliphatic rings. The van der Waals surface area contributed by atoms with Crippen molar-refractivity contribution in [1.82, 2.24) is 5.32 Å². The van der Waals surface area contributed by atoms with E-state index in [9.17, 15) is 14.0 Å². The number of methoxy groups -OCH3 is 1. The van der Waals surface area contributed by atoms with Crippen LogP contribution in [0.2, 0.25) is 0 Å². The molecule has 0 radical (unpaired) electrons. The van der Waals surface area contributed by atoms with Crippen LogP contribution in [-0.2, 0) is 9.53 Å². The molecular formula is C22H21FN2O3S. The first-order chi connectivity index (χ1) is 14.0. The second-order valence-electron chi connectivity index (χ2n) is 6.45. The van der Waals surface area contributed by atoms with Gasteiger partial charge in [-0.3, -0.25) is 10.1 Å². The van der Waals surface area contributed by atoms with Gasteiger partial charge in [-0.15, -0.1) is 11.3 Å². The Morgan fingerprint density at radius 2 is 1.90 bits per heavy atom. The lowest BCUT2D eigenvalue weighted by Crippen LogP contribution is -2.31. The van der Waals surface area contributed by atoms with E-state index in [2.05, 4.69) is 10.6 Å². The van der Waals surface area contributed by atoms with Crippen molar-refractivity contribution in [2.45, 2.75) is 13.0 Å². The highest BCUT2D eigenvalue weighted by Gasteiger charge is 2.17. The molecule has 1 aromatic heterocycles. The standard InChI is InChI=1S/C22H21FN2O3S/c1-14-5-6-16(22(27)28-2)12-18(14)25-20(26)13-24-21(19-4-3-11-29-19)15-7-9-17(23)10-8-15/h3-12,21,24H,13H2,1-2H3,(H,25,26). The fourth-order valence-corrected chi connectivity index (χ4v) is 3.71. The maximum absolute atomic E-state index is 13.3. The molecular weight excluding hydrogens is 391 g/mol. The summed E-state index contributed by atoms with van der Waals surface area (Å²) in [4.78, 5) is 25.3. The van der Waals surface area contributed by atoms with Gasteiger partial charge in [-0.1, -0.05) is 24.3 Å². The molecule has 1 amide bonds. The molecule has 3 rings (SSSR count). The molecule has 5 nitrogen and oxygen atoms in total. The molecule has 1 unspecified atom stereocenters. The zero-order chi connectivity index (χ0) is 20.8. The van der Waals surface area contributed by atoms with Gasteiger partial charge in [0.25, 0.3) is 0 Å². The van der Waals surface area contributed by atoms with Gasteiger partial charge in [0.2, 0.25) is 5.91 Å². The zero-order valence-electron chi connectivity index (χ0n) is 16.1. The molecule has 0 bridgehead atoms. The van der Waals surface area contributed by atoms with E-state index >= 15 is 0 Å². The lowest BCUT2D eigenvalue weighted by Gasteiger charge is -2.18. The Morgan fingerprint density at radius 1 is 1.14 bits per heavy atom. The van der Waals surface area contributed by atoms with Crippen molar-refractivity contribution in [3.05, 3.63) is 87.4 Å². The Morgan fingerprint density at radius 3 is 2.55 bits per heavy atom. The second kappa shape index (κ2) is 9.45. The van der Waals surface area contributed by atoms with E-state index < -0.39 is 5.97 Å². The number of amides is 1. The maximum Gasteiger partial charge on any atom is 0.337 e. The SMILES string of the molecule is COC(=O)c1ccc(C)c(NC(=O)CNC(c2ccc(F)cc2)c2cccs2)c1. The van der Waals surface area contributed by atoms with Crippen LogP contribution in [0.5, 0.6) is 0 Å². The Balaban J connectivity index is 1.71.